The van der Waals surface area contributed by atoms with E-state index in [0.29, 0.717) is 5.92 Å². The van der Waals surface area contributed by atoms with Gasteiger partial charge in [-0.15, -0.1) is 6.58 Å². The molecule has 0 saturated carbocycles. The molecule has 11 heavy (non-hydrogen) atoms. The number of carbonyl (C=O) groups excluding carboxylic acids is 1. The van der Waals surface area contributed by atoms with Gasteiger partial charge in [0.05, 0.1) is 0 Å². The first-order chi connectivity index (χ1) is 5.07. The second-order valence-electron chi connectivity index (χ2n) is 2.82. The molecular formula is C9H16O2. The summed E-state index contributed by atoms with van der Waals surface area (Å²) in [6.07, 6.45) is 2.71. The van der Waals surface area contributed by atoms with Crippen molar-refractivity contribution in [2.45, 2.75) is 33.3 Å². The van der Waals surface area contributed by atoms with Gasteiger partial charge in [0.2, 0.25) is 0 Å². The van der Waals surface area contributed by atoms with Gasteiger partial charge < -0.3 is 4.74 Å². The number of hydrogen-bond acceptors (Lipinski definition) is 2. The summed E-state index contributed by atoms with van der Waals surface area (Å²) < 4.78 is 4.98. The van der Waals surface area contributed by atoms with Crippen molar-refractivity contribution in [1.29, 1.82) is 0 Å². The number of esters is 1. The summed E-state index contributed by atoms with van der Waals surface area (Å²) in [5, 5.41) is 0. The summed E-state index contributed by atoms with van der Waals surface area (Å²) in [6.45, 7) is 8.98. The predicted octanol–water partition coefficient (Wildman–Crippen LogP) is 2.15. The minimum absolute atomic E-state index is 0.00880. The molecule has 64 valence electrons. The van der Waals surface area contributed by atoms with Gasteiger partial charge in [0.25, 0.3) is 0 Å². The molecule has 0 heterocycles. The molecule has 0 fully saturated rings. The average Bonchev–Trinajstić information content (AvgIpc) is 1.86. The van der Waals surface area contributed by atoms with Crippen LogP contribution in [0.2, 0.25) is 0 Å². The molecule has 2 unspecified atom stereocenters. The van der Waals surface area contributed by atoms with Crippen molar-refractivity contribution < 1.29 is 9.53 Å². The fourth-order valence-electron chi connectivity index (χ4n) is 0.832. The van der Waals surface area contributed by atoms with Crippen LogP contribution in [-0.4, -0.2) is 12.1 Å². The third-order valence-electron chi connectivity index (χ3n) is 1.69. The first-order valence-electron chi connectivity index (χ1n) is 3.86. The molecule has 0 N–H and O–H groups in total. The Morgan fingerprint density at radius 1 is 1.64 bits per heavy atom. The predicted molar refractivity (Wildman–Crippen MR) is 45.2 cm³/mol. The van der Waals surface area contributed by atoms with E-state index >= 15 is 0 Å². The summed E-state index contributed by atoms with van der Waals surface area (Å²) in [5.74, 6) is 0.143. The summed E-state index contributed by atoms with van der Waals surface area (Å²) >= 11 is 0. The maximum Gasteiger partial charge on any atom is 0.302 e. The van der Waals surface area contributed by atoms with E-state index in [-0.39, 0.29) is 12.1 Å². The highest BCUT2D eigenvalue weighted by atomic mass is 16.5. The quantitative estimate of drug-likeness (QED) is 0.460. The van der Waals surface area contributed by atoms with Crippen LogP contribution in [0.5, 0.6) is 0 Å². The van der Waals surface area contributed by atoms with Crippen LogP contribution in [-0.2, 0) is 9.53 Å². The Labute approximate surface area is 68.2 Å². The Balaban J connectivity index is 3.71. The Morgan fingerprint density at radius 2 is 2.18 bits per heavy atom. The highest BCUT2D eigenvalue weighted by molar-refractivity contribution is 5.66. The highest BCUT2D eigenvalue weighted by Gasteiger charge is 2.12. The van der Waals surface area contributed by atoms with Crippen LogP contribution in [0.3, 0.4) is 0 Å². The molecule has 2 nitrogen and oxygen atoms in total. The van der Waals surface area contributed by atoms with E-state index < -0.39 is 0 Å². The maximum atomic E-state index is 10.5. The van der Waals surface area contributed by atoms with Crippen molar-refractivity contribution in [1.82, 2.24) is 0 Å². The zero-order valence-electron chi connectivity index (χ0n) is 7.46. The summed E-state index contributed by atoms with van der Waals surface area (Å²) in [5.41, 5.74) is 0. The number of rotatable bonds is 4. The van der Waals surface area contributed by atoms with Crippen molar-refractivity contribution in [2.24, 2.45) is 5.92 Å². The number of allylic oxidation sites excluding steroid dienone is 1. The van der Waals surface area contributed by atoms with Gasteiger partial charge in [0.1, 0.15) is 6.10 Å². The van der Waals surface area contributed by atoms with E-state index in [0.717, 1.165) is 6.42 Å². The molecule has 0 radical (unpaired) electrons. The molecule has 0 aliphatic carbocycles. The first kappa shape index (κ1) is 10.2. The molecule has 0 aliphatic rings. The molecule has 2 heteroatoms. The largest absolute Gasteiger partial charge is 0.463 e. The second kappa shape index (κ2) is 4.94. The molecule has 0 aromatic rings. The lowest BCUT2D eigenvalue weighted by Gasteiger charge is -2.17. The van der Waals surface area contributed by atoms with E-state index in [1.54, 1.807) is 0 Å². The van der Waals surface area contributed by atoms with Crippen molar-refractivity contribution in [3.05, 3.63) is 12.7 Å². The topological polar surface area (TPSA) is 26.3 Å². The summed E-state index contributed by atoms with van der Waals surface area (Å²) in [7, 11) is 0. The van der Waals surface area contributed by atoms with Gasteiger partial charge in [-0.3, -0.25) is 4.79 Å². The lowest BCUT2D eigenvalue weighted by Crippen LogP contribution is -2.20. The Morgan fingerprint density at radius 3 is 2.55 bits per heavy atom. The third kappa shape index (κ3) is 4.59. The van der Waals surface area contributed by atoms with Crippen molar-refractivity contribution in [3.8, 4) is 0 Å². The van der Waals surface area contributed by atoms with Crippen molar-refractivity contribution >= 4 is 5.97 Å². The fraction of sp³-hybridized carbons (Fsp3) is 0.667. The van der Waals surface area contributed by atoms with Crippen molar-refractivity contribution in [3.63, 3.8) is 0 Å². The van der Waals surface area contributed by atoms with Crippen LogP contribution in [0.1, 0.15) is 27.2 Å². The van der Waals surface area contributed by atoms with Gasteiger partial charge in [-0.1, -0.05) is 13.0 Å². The minimum Gasteiger partial charge on any atom is -0.463 e. The van der Waals surface area contributed by atoms with Crippen LogP contribution >= 0.6 is 0 Å². The van der Waals surface area contributed by atoms with Gasteiger partial charge in [-0.25, -0.2) is 0 Å². The normalized spacial score (nSPS) is 15.2. The van der Waals surface area contributed by atoms with Gasteiger partial charge in [-0.05, 0) is 19.3 Å². The standard InChI is InChI=1S/C9H16O2/c1-5-6-7(2)8(3)11-9(4)10/h5,7-8H,1,6H2,2-4H3. The molecule has 0 bridgehead atoms. The molecule has 2 atom stereocenters. The molecule has 0 spiro atoms. The maximum absolute atomic E-state index is 10.5. The molecule has 0 aromatic heterocycles. The molecular weight excluding hydrogens is 140 g/mol. The highest BCUT2D eigenvalue weighted by Crippen LogP contribution is 2.11. The van der Waals surface area contributed by atoms with Crippen LogP contribution in [0, 0.1) is 5.92 Å². The van der Waals surface area contributed by atoms with Crippen LogP contribution in [0.25, 0.3) is 0 Å². The van der Waals surface area contributed by atoms with Crippen LogP contribution in [0.4, 0.5) is 0 Å². The van der Waals surface area contributed by atoms with E-state index in [2.05, 4.69) is 6.58 Å². The molecule has 0 saturated heterocycles. The van der Waals surface area contributed by atoms with E-state index in [4.69, 9.17) is 4.74 Å². The first-order valence-corrected chi connectivity index (χ1v) is 3.86. The zero-order chi connectivity index (χ0) is 8.85. The Kier molecular flexibility index (Phi) is 4.59. The van der Waals surface area contributed by atoms with Gasteiger partial charge in [0.15, 0.2) is 0 Å². The Bertz CT molecular complexity index is 140. The molecule has 0 aliphatic heterocycles. The number of ether oxygens (including phenoxy) is 1. The Hall–Kier alpha value is -0.790. The van der Waals surface area contributed by atoms with Crippen LogP contribution in [0.15, 0.2) is 12.7 Å². The minimum atomic E-state index is -0.214. The summed E-state index contributed by atoms with van der Waals surface area (Å²) in [4.78, 5) is 10.5. The van der Waals surface area contributed by atoms with E-state index in [1.165, 1.54) is 6.92 Å². The smallest absolute Gasteiger partial charge is 0.302 e. The van der Waals surface area contributed by atoms with E-state index in [9.17, 15) is 4.79 Å². The fourth-order valence-corrected chi connectivity index (χ4v) is 0.832. The number of hydrogen-bond donors (Lipinski definition) is 0. The zero-order valence-corrected chi connectivity index (χ0v) is 7.46. The lowest BCUT2D eigenvalue weighted by molar-refractivity contribution is -0.147. The van der Waals surface area contributed by atoms with E-state index in [1.807, 2.05) is 19.9 Å². The average molecular weight is 156 g/mol. The molecule has 0 amide bonds. The third-order valence-corrected chi connectivity index (χ3v) is 1.69. The van der Waals surface area contributed by atoms with Crippen LogP contribution < -0.4 is 0 Å². The molecule has 0 aromatic carbocycles. The monoisotopic (exact) mass is 156 g/mol. The summed E-state index contributed by atoms with van der Waals surface area (Å²) in [6, 6.07) is 0. The second-order valence-corrected chi connectivity index (χ2v) is 2.82. The van der Waals surface area contributed by atoms with Gasteiger partial charge in [-0.2, -0.15) is 0 Å². The molecule has 0 rings (SSSR count). The van der Waals surface area contributed by atoms with Crippen molar-refractivity contribution in [2.75, 3.05) is 0 Å². The lowest BCUT2D eigenvalue weighted by atomic mass is 10.0. The number of carbonyl (C=O) groups is 1. The SMILES string of the molecule is C=CCC(C)C(C)OC(C)=O. The van der Waals surface area contributed by atoms with Gasteiger partial charge in [0, 0.05) is 6.92 Å². The van der Waals surface area contributed by atoms with Gasteiger partial charge >= 0.3 is 5.97 Å².